The van der Waals surface area contributed by atoms with Gasteiger partial charge in [-0.3, -0.25) is 4.79 Å². The lowest BCUT2D eigenvalue weighted by atomic mass is 10.1. The second kappa shape index (κ2) is 5.13. The summed E-state index contributed by atoms with van der Waals surface area (Å²) in [4.78, 5) is 10.6. The topological polar surface area (TPSA) is 26.3 Å². The van der Waals surface area contributed by atoms with Crippen molar-refractivity contribution >= 4 is 16.8 Å². The molecule has 3 rings (SSSR count). The number of fused-ring (bicyclic) bond motifs is 1. The number of hydrogen-bond acceptors (Lipinski definition) is 2. The summed E-state index contributed by atoms with van der Waals surface area (Å²) in [5, 5.41) is 2.22. The third-order valence-electron chi connectivity index (χ3n) is 3.04. The third kappa shape index (κ3) is 2.52. The first-order chi connectivity index (χ1) is 9.72. The maximum absolute atomic E-state index is 12.5. The Balaban J connectivity index is 1.87. The smallest absolute Gasteiger partial charge is 0.332 e. The Morgan fingerprint density at radius 2 is 1.45 bits per heavy atom. The van der Waals surface area contributed by atoms with Gasteiger partial charge in [-0.25, -0.2) is 0 Å². The summed E-state index contributed by atoms with van der Waals surface area (Å²) >= 11 is 0. The zero-order valence-corrected chi connectivity index (χ0v) is 10.5. The van der Waals surface area contributed by atoms with E-state index >= 15 is 0 Å². The first-order valence-corrected chi connectivity index (χ1v) is 6.19. The van der Waals surface area contributed by atoms with E-state index in [1.807, 2.05) is 42.5 Å². The van der Waals surface area contributed by atoms with Crippen molar-refractivity contribution in [2.24, 2.45) is 0 Å². The largest absolute Gasteiger partial charge is 0.457 e. The van der Waals surface area contributed by atoms with E-state index in [0.717, 1.165) is 10.8 Å². The molecule has 0 radical (unpaired) electrons. The van der Waals surface area contributed by atoms with Crippen LogP contribution in [0.2, 0.25) is 0 Å². The van der Waals surface area contributed by atoms with Crippen LogP contribution in [0.4, 0.5) is 4.39 Å². The first kappa shape index (κ1) is 12.4. The Morgan fingerprint density at radius 1 is 0.800 bits per heavy atom. The lowest BCUT2D eigenvalue weighted by Gasteiger charge is -2.07. The fraction of sp³-hybridized carbons (Fsp3) is 0. The highest BCUT2D eigenvalue weighted by Crippen LogP contribution is 2.25. The van der Waals surface area contributed by atoms with Crippen molar-refractivity contribution in [3.63, 3.8) is 0 Å². The standard InChI is InChI=1S/C17H11FO2/c18-17(19)13-6-8-15(9-7-13)20-16-10-5-12-3-1-2-4-14(12)11-16/h1-11H. The highest BCUT2D eigenvalue weighted by atomic mass is 19.1. The molecule has 98 valence electrons. The molecule has 0 N–H and O–H groups in total. The zero-order chi connectivity index (χ0) is 13.9. The molecule has 0 spiro atoms. The maximum Gasteiger partial charge on any atom is 0.332 e. The lowest BCUT2D eigenvalue weighted by Crippen LogP contribution is -1.90. The van der Waals surface area contributed by atoms with Crippen molar-refractivity contribution in [2.45, 2.75) is 0 Å². The van der Waals surface area contributed by atoms with Crippen LogP contribution in [0.15, 0.2) is 66.7 Å². The van der Waals surface area contributed by atoms with Crippen LogP contribution in [-0.2, 0) is 0 Å². The van der Waals surface area contributed by atoms with Crippen LogP contribution in [0.3, 0.4) is 0 Å². The summed E-state index contributed by atoms with van der Waals surface area (Å²) in [5.41, 5.74) is 0.0239. The minimum absolute atomic E-state index is 0.0239. The summed E-state index contributed by atoms with van der Waals surface area (Å²) in [6.45, 7) is 0. The fourth-order valence-corrected chi connectivity index (χ4v) is 2.02. The molecule has 0 aliphatic rings. The molecule has 3 heteroatoms. The van der Waals surface area contributed by atoms with Crippen LogP contribution in [0.5, 0.6) is 11.5 Å². The van der Waals surface area contributed by atoms with Crippen molar-refractivity contribution in [1.29, 1.82) is 0 Å². The summed E-state index contributed by atoms with van der Waals surface area (Å²) in [5.74, 6) is 1.26. The third-order valence-corrected chi connectivity index (χ3v) is 3.04. The number of benzene rings is 3. The lowest BCUT2D eigenvalue weighted by molar-refractivity contribution is 0.0836. The SMILES string of the molecule is O=C(F)c1ccc(Oc2ccc3ccccc3c2)cc1. The van der Waals surface area contributed by atoms with Crippen LogP contribution >= 0.6 is 0 Å². The van der Waals surface area contributed by atoms with Crippen LogP contribution in [-0.4, -0.2) is 6.04 Å². The van der Waals surface area contributed by atoms with Crippen molar-refractivity contribution in [3.8, 4) is 11.5 Å². The Morgan fingerprint density at radius 3 is 2.15 bits per heavy atom. The highest BCUT2D eigenvalue weighted by Gasteiger charge is 2.04. The number of ether oxygens (including phenoxy) is 1. The van der Waals surface area contributed by atoms with Crippen LogP contribution in [0, 0.1) is 0 Å². The van der Waals surface area contributed by atoms with Crippen LogP contribution in [0.1, 0.15) is 10.4 Å². The number of carbonyl (C=O) groups excluding carboxylic acids is 1. The van der Waals surface area contributed by atoms with Gasteiger partial charge in [-0.2, -0.15) is 4.39 Å². The van der Waals surface area contributed by atoms with Gasteiger partial charge in [0.25, 0.3) is 0 Å². The molecule has 0 amide bonds. The summed E-state index contributed by atoms with van der Waals surface area (Å²) in [6.07, 6.45) is 0. The predicted octanol–water partition coefficient (Wildman–Crippen LogP) is 4.74. The minimum atomic E-state index is -1.44. The van der Waals surface area contributed by atoms with Gasteiger partial charge in [0.1, 0.15) is 11.5 Å². The number of hydrogen-bond donors (Lipinski definition) is 0. The van der Waals surface area contributed by atoms with Gasteiger partial charge in [0.05, 0.1) is 5.56 Å². The first-order valence-electron chi connectivity index (χ1n) is 6.19. The quantitative estimate of drug-likeness (QED) is 0.640. The summed E-state index contributed by atoms with van der Waals surface area (Å²) in [7, 11) is 0. The van der Waals surface area contributed by atoms with Crippen LogP contribution in [0.25, 0.3) is 10.8 Å². The molecule has 3 aromatic rings. The molecule has 0 saturated heterocycles. The van der Waals surface area contributed by atoms with E-state index in [2.05, 4.69) is 0 Å². The molecule has 0 saturated carbocycles. The molecule has 0 atom stereocenters. The van der Waals surface area contributed by atoms with Gasteiger partial charge in [-0.1, -0.05) is 30.3 Å². The van der Waals surface area contributed by atoms with E-state index < -0.39 is 6.04 Å². The predicted molar refractivity (Wildman–Crippen MR) is 75.9 cm³/mol. The van der Waals surface area contributed by atoms with Gasteiger partial charge in [0, 0.05) is 0 Å². The molecule has 20 heavy (non-hydrogen) atoms. The average Bonchev–Trinajstić information content (AvgIpc) is 2.48. The van der Waals surface area contributed by atoms with E-state index in [1.54, 1.807) is 12.1 Å². The molecule has 2 nitrogen and oxygen atoms in total. The average molecular weight is 266 g/mol. The van der Waals surface area contributed by atoms with E-state index in [0.29, 0.717) is 11.5 Å². The van der Waals surface area contributed by atoms with E-state index in [4.69, 9.17) is 4.74 Å². The molecule has 0 bridgehead atoms. The number of rotatable bonds is 3. The molecule has 0 heterocycles. The summed E-state index contributed by atoms with van der Waals surface area (Å²) in [6, 6.07) is 18.3. The normalized spacial score (nSPS) is 10.4. The van der Waals surface area contributed by atoms with Crippen molar-refractivity contribution in [3.05, 3.63) is 72.3 Å². The zero-order valence-electron chi connectivity index (χ0n) is 10.5. The van der Waals surface area contributed by atoms with Gasteiger partial charge in [-0.05, 0) is 47.2 Å². The number of carbonyl (C=O) groups is 1. The highest BCUT2D eigenvalue weighted by molar-refractivity contribution is 5.88. The fourth-order valence-electron chi connectivity index (χ4n) is 2.02. The number of halogens is 1. The molecule has 0 unspecified atom stereocenters. The molecule has 0 aliphatic carbocycles. The second-order valence-electron chi connectivity index (χ2n) is 4.41. The van der Waals surface area contributed by atoms with Crippen molar-refractivity contribution in [1.82, 2.24) is 0 Å². The Bertz CT molecular complexity index is 763. The van der Waals surface area contributed by atoms with Gasteiger partial charge in [0.15, 0.2) is 0 Å². The van der Waals surface area contributed by atoms with Crippen molar-refractivity contribution < 1.29 is 13.9 Å². The van der Waals surface area contributed by atoms with Gasteiger partial charge in [0.2, 0.25) is 0 Å². The van der Waals surface area contributed by atoms with E-state index in [1.165, 1.54) is 12.1 Å². The molecular weight excluding hydrogens is 255 g/mol. The van der Waals surface area contributed by atoms with Gasteiger partial charge < -0.3 is 4.74 Å². The molecule has 3 aromatic carbocycles. The Kier molecular flexibility index (Phi) is 3.17. The Labute approximate surface area is 115 Å². The van der Waals surface area contributed by atoms with Gasteiger partial charge >= 0.3 is 6.04 Å². The van der Waals surface area contributed by atoms with Gasteiger partial charge in [-0.15, -0.1) is 0 Å². The van der Waals surface area contributed by atoms with E-state index in [-0.39, 0.29) is 5.56 Å². The van der Waals surface area contributed by atoms with Crippen LogP contribution < -0.4 is 4.74 Å². The molecule has 0 fully saturated rings. The minimum Gasteiger partial charge on any atom is -0.457 e. The molecule has 0 aliphatic heterocycles. The van der Waals surface area contributed by atoms with E-state index in [9.17, 15) is 9.18 Å². The second-order valence-corrected chi connectivity index (χ2v) is 4.41. The maximum atomic E-state index is 12.5. The molecule has 0 aromatic heterocycles. The van der Waals surface area contributed by atoms with Crippen molar-refractivity contribution in [2.75, 3.05) is 0 Å². The Hall–Kier alpha value is -2.68. The summed E-state index contributed by atoms with van der Waals surface area (Å²) < 4.78 is 18.2. The molecular formula is C17H11FO2. The monoisotopic (exact) mass is 266 g/mol.